The zero-order chi connectivity index (χ0) is 13.1. The van der Waals surface area contributed by atoms with E-state index in [2.05, 4.69) is 17.3 Å². The number of rotatable bonds is 4. The van der Waals surface area contributed by atoms with Gasteiger partial charge in [0, 0.05) is 19.1 Å². The van der Waals surface area contributed by atoms with Crippen LogP contribution in [0.4, 0.5) is 0 Å². The Labute approximate surface area is 119 Å². The molecular formula is C17H32N2. The maximum atomic E-state index is 3.50. The monoisotopic (exact) mass is 264 g/mol. The highest BCUT2D eigenvalue weighted by Crippen LogP contribution is 2.41. The van der Waals surface area contributed by atoms with Crippen molar-refractivity contribution in [2.45, 2.75) is 70.3 Å². The topological polar surface area (TPSA) is 15.3 Å². The summed E-state index contributed by atoms with van der Waals surface area (Å²) in [7, 11) is 2.14. The smallest absolute Gasteiger partial charge is 0.0124 e. The van der Waals surface area contributed by atoms with Gasteiger partial charge in [-0.3, -0.25) is 4.90 Å². The number of likely N-dealkylation sites (tertiary alicyclic amines) is 1. The molecule has 1 N–H and O–H groups in total. The second-order valence-corrected chi connectivity index (χ2v) is 7.46. The first-order chi connectivity index (χ1) is 9.33. The fourth-order valence-corrected chi connectivity index (χ4v) is 5.25. The third-order valence-corrected chi connectivity index (χ3v) is 6.11. The lowest BCUT2D eigenvalue weighted by atomic mass is 9.73. The average molecular weight is 264 g/mol. The molecule has 1 saturated heterocycles. The molecule has 3 rings (SSSR count). The molecule has 0 aromatic rings. The van der Waals surface area contributed by atoms with Crippen LogP contribution in [0.15, 0.2) is 0 Å². The Morgan fingerprint density at radius 1 is 1.00 bits per heavy atom. The molecule has 0 aromatic carbocycles. The van der Waals surface area contributed by atoms with E-state index in [0.717, 1.165) is 12.0 Å². The molecule has 0 spiro atoms. The molecule has 3 fully saturated rings. The number of nitrogens with one attached hydrogen (secondary N) is 1. The first kappa shape index (κ1) is 13.9. The predicted octanol–water partition coefficient (Wildman–Crippen LogP) is 3.42. The minimum Gasteiger partial charge on any atom is -0.319 e. The van der Waals surface area contributed by atoms with Crippen molar-refractivity contribution in [1.29, 1.82) is 0 Å². The predicted molar refractivity (Wildman–Crippen MR) is 81.4 cm³/mol. The van der Waals surface area contributed by atoms with Crippen LogP contribution in [0.2, 0.25) is 0 Å². The third-order valence-electron chi connectivity index (χ3n) is 6.11. The molecule has 2 nitrogen and oxygen atoms in total. The molecule has 2 unspecified atom stereocenters. The maximum Gasteiger partial charge on any atom is 0.0124 e. The van der Waals surface area contributed by atoms with Crippen LogP contribution in [0.1, 0.15) is 64.2 Å². The van der Waals surface area contributed by atoms with Crippen LogP contribution in [0.3, 0.4) is 0 Å². The van der Waals surface area contributed by atoms with Gasteiger partial charge in [0.2, 0.25) is 0 Å². The number of nitrogens with zero attached hydrogens (tertiary/aromatic N) is 1. The van der Waals surface area contributed by atoms with Crippen LogP contribution >= 0.6 is 0 Å². The molecule has 19 heavy (non-hydrogen) atoms. The van der Waals surface area contributed by atoms with E-state index in [9.17, 15) is 0 Å². The van der Waals surface area contributed by atoms with Crippen LogP contribution in [0.25, 0.3) is 0 Å². The molecule has 0 bridgehead atoms. The highest BCUT2D eigenvalue weighted by Gasteiger charge is 2.40. The lowest BCUT2D eigenvalue weighted by Gasteiger charge is -2.46. The van der Waals surface area contributed by atoms with Crippen molar-refractivity contribution < 1.29 is 0 Å². The van der Waals surface area contributed by atoms with Crippen molar-refractivity contribution in [3.63, 3.8) is 0 Å². The highest BCUT2D eigenvalue weighted by molar-refractivity contribution is 4.94. The highest BCUT2D eigenvalue weighted by atomic mass is 15.2. The summed E-state index contributed by atoms with van der Waals surface area (Å²) in [4.78, 5) is 2.91. The van der Waals surface area contributed by atoms with Gasteiger partial charge in [0.05, 0.1) is 0 Å². The van der Waals surface area contributed by atoms with Crippen LogP contribution < -0.4 is 5.32 Å². The first-order valence-electron chi connectivity index (χ1n) is 8.72. The summed E-state index contributed by atoms with van der Waals surface area (Å²) in [6.45, 7) is 4.00. The fraction of sp³-hybridized carbons (Fsp3) is 1.00. The van der Waals surface area contributed by atoms with Crippen molar-refractivity contribution in [3.05, 3.63) is 0 Å². The van der Waals surface area contributed by atoms with Gasteiger partial charge < -0.3 is 5.32 Å². The fourth-order valence-electron chi connectivity index (χ4n) is 5.25. The largest absolute Gasteiger partial charge is 0.319 e. The van der Waals surface area contributed by atoms with Crippen LogP contribution in [0, 0.1) is 11.3 Å². The second kappa shape index (κ2) is 6.13. The normalized spacial score (nSPS) is 35.2. The molecule has 1 aliphatic heterocycles. The van der Waals surface area contributed by atoms with Gasteiger partial charge in [-0.1, -0.05) is 25.7 Å². The van der Waals surface area contributed by atoms with E-state index in [0.29, 0.717) is 5.41 Å². The number of hydrogen-bond acceptors (Lipinski definition) is 2. The Balaban J connectivity index is 1.66. The molecule has 2 atom stereocenters. The maximum absolute atomic E-state index is 3.50. The molecule has 0 radical (unpaired) electrons. The summed E-state index contributed by atoms with van der Waals surface area (Å²) in [6.07, 6.45) is 14.8. The zero-order valence-corrected chi connectivity index (χ0v) is 12.8. The summed E-state index contributed by atoms with van der Waals surface area (Å²) in [5, 5.41) is 3.50. The van der Waals surface area contributed by atoms with E-state index in [-0.39, 0.29) is 0 Å². The van der Waals surface area contributed by atoms with E-state index in [1.807, 2.05) is 0 Å². The molecule has 2 aliphatic carbocycles. The molecule has 2 heteroatoms. The summed E-state index contributed by atoms with van der Waals surface area (Å²) in [6, 6.07) is 0.949. The summed E-state index contributed by atoms with van der Waals surface area (Å²) < 4.78 is 0. The zero-order valence-electron chi connectivity index (χ0n) is 12.8. The quantitative estimate of drug-likeness (QED) is 0.837. The Hall–Kier alpha value is -0.0800. The van der Waals surface area contributed by atoms with Gasteiger partial charge >= 0.3 is 0 Å². The lowest BCUT2D eigenvalue weighted by molar-refractivity contribution is 0.0399. The third kappa shape index (κ3) is 3.00. The van der Waals surface area contributed by atoms with Crippen molar-refractivity contribution in [3.8, 4) is 0 Å². The van der Waals surface area contributed by atoms with E-state index in [1.165, 1.54) is 83.8 Å². The van der Waals surface area contributed by atoms with Gasteiger partial charge in [0.25, 0.3) is 0 Å². The van der Waals surface area contributed by atoms with E-state index in [1.54, 1.807) is 0 Å². The average Bonchev–Trinajstić information content (AvgIpc) is 2.89. The Bertz CT molecular complexity index is 277. The number of piperidine rings is 1. The van der Waals surface area contributed by atoms with Crippen LogP contribution in [-0.4, -0.2) is 37.6 Å². The molecule has 2 saturated carbocycles. The standard InChI is InChI=1S/C17H32N2/c1-18-13-17(10-3-2-4-11-17)14-19-12-6-8-15-7-5-9-16(15)19/h15-16,18H,2-14H2,1H3. The number of fused-ring (bicyclic) bond motifs is 1. The van der Waals surface area contributed by atoms with Gasteiger partial charge in [0.15, 0.2) is 0 Å². The van der Waals surface area contributed by atoms with Crippen LogP contribution in [-0.2, 0) is 0 Å². The summed E-state index contributed by atoms with van der Waals surface area (Å²) >= 11 is 0. The van der Waals surface area contributed by atoms with Gasteiger partial charge in [-0.15, -0.1) is 0 Å². The minimum atomic E-state index is 0.595. The summed E-state index contributed by atoms with van der Waals surface area (Å²) in [5.41, 5.74) is 0.595. The Kier molecular flexibility index (Phi) is 4.48. The van der Waals surface area contributed by atoms with Crippen LogP contribution in [0.5, 0.6) is 0 Å². The molecule has 110 valence electrons. The SMILES string of the molecule is CNCC1(CN2CCCC3CCCC32)CCCCC1. The van der Waals surface area contributed by atoms with Crippen molar-refractivity contribution in [2.75, 3.05) is 26.7 Å². The Morgan fingerprint density at radius 3 is 2.58 bits per heavy atom. The lowest BCUT2D eigenvalue weighted by Crippen LogP contribution is -2.51. The first-order valence-corrected chi connectivity index (χ1v) is 8.72. The summed E-state index contributed by atoms with van der Waals surface area (Å²) in [5.74, 6) is 1.05. The van der Waals surface area contributed by atoms with Gasteiger partial charge in [-0.2, -0.15) is 0 Å². The molecule has 1 heterocycles. The molecule has 0 amide bonds. The molecular weight excluding hydrogens is 232 g/mol. The number of hydrogen-bond donors (Lipinski definition) is 1. The van der Waals surface area contributed by atoms with E-state index < -0.39 is 0 Å². The van der Waals surface area contributed by atoms with E-state index >= 15 is 0 Å². The molecule has 0 aromatic heterocycles. The minimum absolute atomic E-state index is 0.595. The second-order valence-electron chi connectivity index (χ2n) is 7.46. The van der Waals surface area contributed by atoms with Crippen molar-refractivity contribution >= 4 is 0 Å². The molecule has 3 aliphatic rings. The Morgan fingerprint density at radius 2 is 1.79 bits per heavy atom. The van der Waals surface area contributed by atoms with Crippen molar-refractivity contribution in [2.24, 2.45) is 11.3 Å². The van der Waals surface area contributed by atoms with Crippen molar-refractivity contribution in [1.82, 2.24) is 10.2 Å². The van der Waals surface area contributed by atoms with Gasteiger partial charge in [0.1, 0.15) is 0 Å². The van der Waals surface area contributed by atoms with E-state index in [4.69, 9.17) is 0 Å². The van der Waals surface area contributed by atoms with Gasteiger partial charge in [-0.25, -0.2) is 0 Å². The van der Waals surface area contributed by atoms with Gasteiger partial charge in [-0.05, 0) is 63.5 Å².